The Hall–Kier alpha value is -1.13. The number of rotatable bonds is 3. The number of carbonyl (C=O) groups excluding carboxylic acids is 1. The molecule has 0 aliphatic heterocycles. The molecule has 1 saturated carbocycles. The lowest BCUT2D eigenvalue weighted by atomic mass is 9.90. The number of halogens is 2. The van der Waals surface area contributed by atoms with Crippen LogP contribution in [0.5, 0.6) is 0 Å². The van der Waals surface area contributed by atoms with Gasteiger partial charge in [0, 0.05) is 19.1 Å². The molecule has 0 radical (unpaired) electrons. The molecular formula is C15H20ClFN2O. The molecule has 1 aliphatic rings. The molecule has 0 unspecified atom stereocenters. The first kappa shape index (κ1) is 15.3. The Balaban J connectivity index is 2.10. The summed E-state index contributed by atoms with van der Waals surface area (Å²) in [6.45, 7) is 0. The van der Waals surface area contributed by atoms with Crippen LogP contribution >= 0.6 is 11.6 Å². The van der Waals surface area contributed by atoms with Crippen molar-refractivity contribution >= 4 is 17.5 Å². The third kappa shape index (κ3) is 3.13. The first-order chi connectivity index (χ1) is 9.54. The minimum atomic E-state index is -0.557. The molecule has 0 atom stereocenters. The van der Waals surface area contributed by atoms with Crippen LogP contribution in [0.4, 0.5) is 4.39 Å². The number of nitrogens with zero attached hydrogens (tertiary/aromatic N) is 1. The smallest absolute Gasteiger partial charge is 0.258 e. The van der Waals surface area contributed by atoms with E-state index in [1.165, 1.54) is 12.1 Å². The zero-order valence-electron chi connectivity index (χ0n) is 11.8. The summed E-state index contributed by atoms with van der Waals surface area (Å²) in [6.07, 6.45) is 3.92. The minimum Gasteiger partial charge on any atom is -0.339 e. The van der Waals surface area contributed by atoms with Gasteiger partial charge in [-0.15, -0.1) is 0 Å². The molecule has 1 aromatic carbocycles. The van der Waals surface area contributed by atoms with Gasteiger partial charge in [-0.25, -0.2) is 4.39 Å². The maximum Gasteiger partial charge on any atom is 0.258 e. The molecule has 110 valence electrons. The van der Waals surface area contributed by atoms with E-state index in [1.54, 1.807) is 18.0 Å². The van der Waals surface area contributed by atoms with Crippen LogP contribution in [0, 0.1) is 5.82 Å². The van der Waals surface area contributed by atoms with Gasteiger partial charge in [0.05, 0.1) is 10.6 Å². The van der Waals surface area contributed by atoms with E-state index in [0.29, 0.717) is 6.04 Å². The standard InChI is InChI=1S/C15H20ClFN2O/c1-18-10-6-8-11(9-7-10)19(2)15(20)14-12(16)4-3-5-13(14)17/h3-5,10-11,18H,6-9H2,1-2H3. The van der Waals surface area contributed by atoms with Crippen molar-refractivity contribution in [3.05, 3.63) is 34.6 Å². The quantitative estimate of drug-likeness (QED) is 0.930. The van der Waals surface area contributed by atoms with Gasteiger partial charge in [-0.05, 0) is 44.9 Å². The summed E-state index contributed by atoms with van der Waals surface area (Å²) in [7, 11) is 3.69. The van der Waals surface area contributed by atoms with Crippen molar-refractivity contribution in [2.24, 2.45) is 0 Å². The van der Waals surface area contributed by atoms with Crippen LogP contribution in [0.3, 0.4) is 0 Å². The lowest BCUT2D eigenvalue weighted by Crippen LogP contribution is -2.42. The van der Waals surface area contributed by atoms with Crippen LogP contribution in [0.25, 0.3) is 0 Å². The van der Waals surface area contributed by atoms with E-state index < -0.39 is 5.82 Å². The minimum absolute atomic E-state index is 0.0209. The molecule has 2 rings (SSSR count). The van der Waals surface area contributed by atoms with Crippen molar-refractivity contribution < 1.29 is 9.18 Å². The predicted molar refractivity (Wildman–Crippen MR) is 78.6 cm³/mol. The second-order valence-electron chi connectivity index (χ2n) is 5.31. The molecule has 0 heterocycles. The highest BCUT2D eigenvalue weighted by molar-refractivity contribution is 6.33. The molecule has 0 saturated heterocycles. The van der Waals surface area contributed by atoms with E-state index in [1.807, 2.05) is 7.05 Å². The first-order valence-corrected chi connectivity index (χ1v) is 7.30. The maximum atomic E-state index is 13.8. The second kappa shape index (κ2) is 6.55. The van der Waals surface area contributed by atoms with Crippen LogP contribution in [-0.4, -0.2) is 37.0 Å². The van der Waals surface area contributed by atoms with Crippen LogP contribution in [0.15, 0.2) is 18.2 Å². The summed E-state index contributed by atoms with van der Waals surface area (Å²) in [5, 5.41) is 3.43. The topological polar surface area (TPSA) is 32.3 Å². The fraction of sp³-hybridized carbons (Fsp3) is 0.533. The predicted octanol–water partition coefficient (Wildman–Crippen LogP) is 3.08. The number of amides is 1. The summed E-state index contributed by atoms with van der Waals surface area (Å²) in [5.74, 6) is -0.890. The normalized spacial score (nSPS) is 22.6. The SMILES string of the molecule is CNC1CCC(N(C)C(=O)c2c(F)cccc2Cl)CC1. The molecule has 0 spiro atoms. The molecule has 3 nitrogen and oxygen atoms in total. The van der Waals surface area contributed by atoms with Crippen LogP contribution < -0.4 is 5.32 Å². The molecule has 1 N–H and O–H groups in total. The van der Waals surface area contributed by atoms with E-state index in [4.69, 9.17) is 11.6 Å². The van der Waals surface area contributed by atoms with Crippen molar-refractivity contribution in [2.45, 2.75) is 37.8 Å². The third-order valence-corrected chi connectivity index (χ3v) is 4.46. The van der Waals surface area contributed by atoms with Crippen molar-refractivity contribution in [1.29, 1.82) is 0 Å². The van der Waals surface area contributed by atoms with Crippen molar-refractivity contribution in [2.75, 3.05) is 14.1 Å². The van der Waals surface area contributed by atoms with Gasteiger partial charge in [0.2, 0.25) is 0 Å². The number of carbonyl (C=O) groups is 1. The summed E-state index contributed by atoms with van der Waals surface area (Å²) < 4.78 is 13.8. The maximum absolute atomic E-state index is 13.8. The van der Waals surface area contributed by atoms with E-state index in [0.717, 1.165) is 25.7 Å². The molecule has 0 bridgehead atoms. The Kier molecular flexibility index (Phi) is 5.00. The Morgan fingerprint density at radius 3 is 2.55 bits per heavy atom. The van der Waals surface area contributed by atoms with Crippen LogP contribution in [-0.2, 0) is 0 Å². The summed E-state index contributed by atoms with van der Waals surface area (Å²) in [4.78, 5) is 14.1. The second-order valence-corrected chi connectivity index (χ2v) is 5.71. The van der Waals surface area contributed by atoms with Gasteiger partial charge in [0.25, 0.3) is 5.91 Å². The van der Waals surface area contributed by atoms with E-state index in [-0.39, 0.29) is 22.5 Å². The average molecular weight is 299 g/mol. The number of hydrogen-bond donors (Lipinski definition) is 1. The molecular weight excluding hydrogens is 279 g/mol. The summed E-state index contributed by atoms with van der Waals surface area (Å²) >= 11 is 5.96. The Morgan fingerprint density at radius 1 is 1.35 bits per heavy atom. The summed E-state index contributed by atoms with van der Waals surface area (Å²) in [6, 6.07) is 5.00. The zero-order chi connectivity index (χ0) is 14.7. The van der Waals surface area contributed by atoms with Gasteiger partial charge in [-0.2, -0.15) is 0 Å². The molecule has 1 amide bonds. The summed E-state index contributed by atoms with van der Waals surface area (Å²) in [5.41, 5.74) is -0.0209. The van der Waals surface area contributed by atoms with Gasteiger partial charge < -0.3 is 10.2 Å². The Bertz CT molecular complexity index is 467. The molecule has 5 heteroatoms. The Labute approximate surface area is 124 Å². The first-order valence-electron chi connectivity index (χ1n) is 6.93. The van der Waals surface area contributed by atoms with Gasteiger partial charge in [-0.3, -0.25) is 4.79 Å². The lowest BCUT2D eigenvalue weighted by Gasteiger charge is -2.34. The molecule has 1 aromatic rings. The number of benzene rings is 1. The fourth-order valence-electron chi connectivity index (χ4n) is 2.80. The Morgan fingerprint density at radius 2 is 2.00 bits per heavy atom. The van der Waals surface area contributed by atoms with Gasteiger partial charge in [0.1, 0.15) is 5.82 Å². The van der Waals surface area contributed by atoms with Crippen molar-refractivity contribution in [3.8, 4) is 0 Å². The monoisotopic (exact) mass is 298 g/mol. The van der Waals surface area contributed by atoms with Crippen molar-refractivity contribution in [1.82, 2.24) is 10.2 Å². The lowest BCUT2D eigenvalue weighted by molar-refractivity contribution is 0.0681. The fourth-order valence-corrected chi connectivity index (χ4v) is 3.04. The van der Waals surface area contributed by atoms with Gasteiger partial charge >= 0.3 is 0 Å². The highest BCUT2D eigenvalue weighted by atomic mass is 35.5. The molecule has 1 aliphatic carbocycles. The average Bonchev–Trinajstić information content (AvgIpc) is 2.46. The zero-order valence-corrected chi connectivity index (χ0v) is 12.6. The van der Waals surface area contributed by atoms with E-state index in [2.05, 4.69) is 5.32 Å². The van der Waals surface area contributed by atoms with E-state index in [9.17, 15) is 9.18 Å². The molecule has 0 aromatic heterocycles. The highest BCUT2D eigenvalue weighted by Crippen LogP contribution is 2.26. The van der Waals surface area contributed by atoms with Gasteiger partial charge in [0.15, 0.2) is 0 Å². The largest absolute Gasteiger partial charge is 0.339 e. The third-order valence-electron chi connectivity index (χ3n) is 4.15. The number of hydrogen-bond acceptors (Lipinski definition) is 2. The van der Waals surface area contributed by atoms with Gasteiger partial charge in [-0.1, -0.05) is 17.7 Å². The van der Waals surface area contributed by atoms with Crippen LogP contribution in [0.2, 0.25) is 5.02 Å². The van der Waals surface area contributed by atoms with Crippen molar-refractivity contribution in [3.63, 3.8) is 0 Å². The number of nitrogens with one attached hydrogen (secondary N) is 1. The van der Waals surface area contributed by atoms with Crippen LogP contribution in [0.1, 0.15) is 36.0 Å². The van der Waals surface area contributed by atoms with E-state index >= 15 is 0 Å². The molecule has 20 heavy (non-hydrogen) atoms. The molecule has 1 fully saturated rings. The highest BCUT2D eigenvalue weighted by Gasteiger charge is 2.28.